The van der Waals surface area contributed by atoms with Crippen LogP contribution in [0.5, 0.6) is 0 Å². The second kappa shape index (κ2) is 6.59. The van der Waals surface area contributed by atoms with Crippen molar-refractivity contribution in [3.05, 3.63) is 40.4 Å². The first-order valence-corrected chi connectivity index (χ1v) is 12.0. The van der Waals surface area contributed by atoms with Gasteiger partial charge in [-0.2, -0.15) is 0 Å². The fourth-order valence-corrected chi connectivity index (χ4v) is 5.60. The molecule has 0 saturated heterocycles. The van der Waals surface area contributed by atoms with Gasteiger partial charge in [-0.3, -0.25) is 0 Å². The highest BCUT2D eigenvalue weighted by Crippen LogP contribution is 2.30. The van der Waals surface area contributed by atoms with E-state index in [9.17, 15) is 9.32 Å². The Morgan fingerprint density at radius 3 is 2.05 bits per heavy atom. The van der Waals surface area contributed by atoms with Crippen molar-refractivity contribution in [2.45, 2.75) is 58.3 Å². The summed E-state index contributed by atoms with van der Waals surface area (Å²) in [5.74, 6) is 0. The van der Waals surface area contributed by atoms with Crippen LogP contribution in [0.2, 0.25) is 19.6 Å². The average Bonchev–Trinajstić information content (AvgIpc) is 2.33. The van der Waals surface area contributed by atoms with Crippen LogP contribution in [0.1, 0.15) is 26.3 Å². The summed E-state index contributed by atoms with van der Waals surface area (Å²) in [6.07, 6.45) is -0.702. The molecule has 1 N–H and O–H groups in total. The van der Waals surface area contributed by atoms with Crippen LogP contribution < -0.4 is 0 Å². The quantitative estimate of drug-likeness (QED) is 0.840. The van der Waals surface area contributed by atoms with Gasteiger partial charge in [0.2, 0.25) is 0 Å². The monoisotopic (exact) mass is 324 g/mol. The van der Waals surface area contributed by atoms with Crippen molar-refractivity contribution in [2.24, 2.45) is 5.41 Å². The summed E-state index contributed by atoms with van der Waals surface area (Å²) in [5, 5.41) is 10.7. The average molecular weight is 325 g/mol. The standard InChI is InChI=1S/C17H28O2SSi/c1-13-8-10-14(11-9-13)20(19)15(12-21(5,6)7)16(18)17(2,3)4/h8-12,16,18H,1-7H3/b15-12+/t16-,20?/m0/s1. The molecule has 0 aliphatic carbocycles. The van der Waals surface area contributed by atoms with Crippen molar-refractivity contribution in [1.82, 2.24) is 0 Å². The lowest BCUT2D eigenvalue weighted by Gasteiger charge is -2.29. The molecule has 0 heterocycles. The first-order chi connectivity index (χ1) is 9.42. The summed E-state index contributed by atoms with van der Waals surface area (Å²) >= 11 is 0. The molecule has 4 heteroatoms. The molecule has 0 bridgehead atoms. The molecule has 0 radical (unpaired) electrons. The Balaban J connectivity index is 3.28. The summed E-state index contributed by atoms with van der Waals surface area (Å²) in [4.78, 5) is 1.42. The van der Waals surface area contributed by atoms with Gasteiger partial charge in [0.15, 0.2) is 0 Å². The summed E-state index contributed by atoms with van der Waals surface area (Å²) in [7, 11) is -2.89. The fourth-order valence-electron chi connectivity index (χ4n) is 1.89. The first-order valence-electron chi connectivity index (χ1n) is 7.31. The second-order valence-electron chi connectivity index (χ2n) is 7.76. The highest BCUT2D eigenvalue weighted by Gasteiger charge is 2.31. The number of aliphatic hydroxyl groups is 1. The predicted molar refractivity (Wildman–Crippen MR) is 94.5 cm³/mol. The summed E-state index contributed by atoms with van der Waals surface area (Å²) < 4.78 is 12.9. The van der Waals surface area contributed by atoms with Crippen LogP contribution in [-0.2, 0) is 10.8 Å². The third-order valence-corrected chi connectivity index (χ3v) is 5.97. The van der Waals surface area contributed by atoms with Gasteiger partial charge in [0.05, 0.1) is 25.0 Å². The Labute approximate surface area is 132 Å². The second-order valence-corrected chi connectivity index (χ2v) is 14.3. The van der Waals surface area contributed by atoms with Crippen molar-refractivity contribution in [3.63, 3.8) is 0 Å². The zero-order chi connectivity index (χ0) is 16.4. The third kappa shape index (κ3) is 5.53. The largest absolute Gasteiger partial charge is 0.387 e. The Morgan fingerprint density at radius 2 is 1.67 bits per heavy atom. The maximum Gasteiger partial charge on any atom is 0.0918 e. The molecule has 1 unspecified atom stereocenters. The van der Waals surface area contributed by atoms with E-state index in [1.165, 1.54) is 0 Å². The molecule has 118 valence electrons. The van der Waals surface area contributed by atoms with Crippen LogP contribution in [0.3, 0.4) is 0 Å². The van der Waals surface area contributed by atoms with E-state index in [0.29, 0.717) is 4.91 Å². The van der Waals surface area contributed by atoms with Gasteiger partial charge in [-0.1, -0.05) is 63.8 Å². The van der Waals surface area contributed by atoms with Crippen LogP contribution in [0, 0.1) is 12.3 Å². The lowest BCUT2D eigenvalue weighted by atomic mass is 9.89. The minimum Gasteiger partial charge on any atom is -0.387 e. The highest BCUT2D eigenvalue weighted by molar-refractivity contribution is 7.89. The minimum atomic E-state index is -1.58. The number of aryl methyl sites for hydroxylation is 1. The lowest BCUT2D eigenvalue weighted by molar-refractivity contribution is 0.102. The number of rotatable bonds is 4. The first kappa shape index (κ1) is 18.3. The van der Waals surface area contributed by atoms with Gasteiger partial charge >= 0.3 is 0 Å². The lowest BCUT2D eigenvalue weighted by Crippen LogP contribution is -2.32. The van der Waals surface area contributed by atoms with Gasteiger partial charge in [-0.25, -0.2) is 4.21 Å². The van der Waals surface area contributed by atoms with E-state index in [-0.39, 0.29) is 5.41 Å². The van der Waals surface area contributed by atoms with Crippen LogP contribution in [0.25, 0.3) is 0 Å². The summed E-state index contributed by atoms with van der Waals surface area (Å²) in [6.45, 7) is 14.5. The predicted octanol–water partition coefficient (Wildman–Crippen LogP) is 4.27. The Bertz CT molecular complexity index is 533. The highest BCUT2D eigenvalue weighted by atomic mass is 32.2. The van der Waals surface area contributed by atoms with Gasteiger partial charge < -0.3 is 5.11 Å². The van der Waals surface area contributed by atoms with Crippen LogP contribution in [-0.4, -0.2) is 23.5 Å². The smallest absolute Gasteiger partial charge is 0.0918 e. The molecule has 0 aliphatic rings. The number of benzene rings is 1. The SMILES string of the molecule is Cc1ccc(S(=O)/C(=C/[Si](C)(C)C)[C@H](O)C(C)(C)C)cc1. The maximum atomic E-state index is 12.9. The Hall–Kier alpha value is -0.713. The molecule has 0 spiro atoms. The molecule has 1 aromatic carbocycles. The molecule has 2 atom stereocenters. The van der Waals surface area contributed by atoms with E-state index in [1.54, 1.807) is 0 Å². The molecule has 1 aromatic rings. The minimum absolute atomic E-state index is 0.328. The molecule has 0 aromatic heterocycles. The van der Waals surface area contributed by atoms with Crippen molar-refractivity contribution in [1.29, 1.82) is 0 Å². The van der Waals surface area contributed by atoms with E-state index in [2.05, 4.69) is 25.3 Å². The number of hydrogen-bond acceptors (Lipinski definition) is 2. The van der Waals surface area contributed by atoms with Crippen molar-refractivity contribution >= 4 is 18.9 Å². The normalized spacial score (nSPS) is 16.7. The van der Waals surface area contributed by atoms with E-state index in [1.807, 2.05) is 52.0 Å². The fraction of sp³-hybridized carbons (Fsp3) is 0.529. The van der Waals surface area contributed by atoms with Crippen LogP contribution in [0.15, 0.2) is 39.8 Å². The van der Waals surface area contributed by atoms with Gasteiger partial charge in [0, 0.05) is 9.80 Å². The topological polar surface area (TPSA) is 37.3 Å². The molecule has 0 saturated carbocycles. The molecule has 2 nitrogen and oxygen atoms in total. The maximum absolute atomic E-state index is 12.9. The number of hydrogen-bond donors (Lipinski definition) is 1. The zero-order valence-electron chi connectivity index (χ0n) is 14.2. The molecular weight excluding hydrogens is 296 g/mol. The molecule has 21 heavy (non-hydrogen) atoms. The van der Waals surface area contributed by atoms with Gasteiger partial charge in [-0.15, -0.1) is 0 Å². The molecule has 0 fully saturated rings. The van der Waals surface area contributed by atoms with Gasteiger partial charge in [0.1, 0.15) is 0 Å². The third-order valence-electron chi connectivity index (χ3n) is 3.11. The van der Waals surface area contributed by atoms with E-state index in [0.717, 1.165) is 10.5 Å². The van der Waals surface area contributed by atoms with Crippen LogP contribution >= 0.6 is 0 Å². The number of aliphatic hydroxyl groups excluding tert-OH is 1. The zero-order valence-corrected chi connectivity index (χ0v) is 16.0. The molecular formula is C17H28O2SSi. The molecule has 0 aliphatic heterocycles. The summed E-state index contributed by atoms with van der Waals surface area (Å²) in [6, 6.07) is 7.70. The van der Waals surface area contributed by atoms with Gasteiger partial charge in [0.25, 0.3) is 0 Å². The van der Waals surface area contributed by atoms with Crippen molar-refractivity contribution in [2.75, 3.05) is 0 Å². The molecule has 0 amide bonds. The van der Waals surface area contributed by atoms with Crippen molar-refractivity contribution < 1.29 is 9.32 Å². The van der Waals surface area contributed by atoms with Gasteiger partial charge in [-0.05, 0) is 24.5 Å². The van der Waals surface area contributed by atoms with Crippen LogP contribution in [0.4, 0.5) is 0 Å². The van der Waals surface area contributed by atoms with E-state index < -0.39 is 25.0 Å². The van der Waals surface area contributed by atoms with E-state index in [4.69, 9.17) is 0 Å². The van der Waals surface area contributed by atoms with E-state index >= 15 is 0 Å². The summed E-state index contributed by atoms with van der Waals surface area (Å²) in [5.41, 5.74) is 2.90. The Kier molecular flexibility index (Phi) is 5.75. The van der Waals surface area contributed by atoms with Crippen molar-refractivity contribution in [3.8, 4) is 0 Å². The Morgan fingerprint density at radius 1 is 1.19 bits per heavy atom. The molecule has 1 rings (SSSR count).